The lowest BCUT2D eigenvalue weighted by atomic mass is 9.79. The van der Waals surface area contributed by atoms with E-state index in [4.69, 9.17) is 0 Å². The van der Waals surface area contributed by atoms with Gasteiger partial charge in [-0.05, 0) is 143 Å². The first-order chi connectivity index (χ1) is 30.5. The number of rotatable bonds is 8. The molecule has 0 amide bonds. The van der Waals surface area contributed by atoms with Crippen molar-refractivity contribution in [2.45, 2.75) is 19.3 Å². The fourth-order valence-corrected chi connectivity index (χ4v) is 9.71. The SMILES string of the molecule is CC1(C)c2ccccc2-c2cccc(-c3ccc(N(c4ccc(-c5cccc(-c6cccc(-c7ccc8ccccc8c7)c6)c5)cc4)c4cccc(-c5ccccc5)c4)cc3)c21. The fourth-order valence-electron chi connectivity index (χ4n) is 9.71. The zero-order valence-electron chi connectivity index (χ0n) is 35.0. The van der Waals surface area contributed by atoms with E-state index in [1.54, 1.807) is 0 Å². The van der Waals surface area contributed by atoms with Crippen LogP contribution in [-0.4, -0.2) is 0 Å². The number of hydrogen-bond acceptors (Lipinski definition) is 1. The summed E-state index contributed by atoms with van der Waals surface area (Å²) in [6, 6.07) is 86.5. The molecule has 0 fully saturated rings. The van der Waals surface area contributed by atoms with Crippen molar-refractivity contribution in [1.29, 1.82) is 0 Å². The second kappa shape index (κ2) is 15.4. The molecule has 0 heterocycles. The monoisotopic (exact) mass is 791 g/mol. The van der Waals surface area contributed by atoms with Crippen LogP contribution in [0.5, 0.6) is 0 Å². The van der Waals surface area contributed by atoms with Gasteiger partial charge in [0, 0.05) is 22.5 Å². The van der Waals surface area contributed by atoms with Crippen LogP contribution in [0.15, 0.2) is 237 Å². The Morgan fingerprint density at radius 3 is 1.42 bits per heavy atom. The highest BCUT2D eigenvalue weighted by Gasteiger charge is 2.37. The van der Waals surface area contributed by atoms with Gasteiger partial charge in [0.25, 0.3) is 0 Å². The van der Waals surface area contributed by atoms with Crippen LogP contribution in [0, 0.1) is 0 Å². The van der Waals surface area contributed by atoms with E-state index in [1.165, 1.54) is 88.7 Å². The summed E-state index contributed by atoms with van der Waals surface area (Å²) in [5, 5.41) is 2.51. The normalized spacial score (nSPS) is 12.5. The van der Waals surface area contributed by atoms with Crippen molar-refractivity contribution in [3.63, 3.8) is 0 Å². The topological polar surface area (TPSA) is 3.24 Å². The van der Waals surface area contributed by atoms with Crippen molar-refractivity contribution < 1.29 is 0 Å². The molecule has 0 saturated carbocycles. The van der Waals surface area contributed by atoms with Crippen molar-refractivity contribution >= 4 is 27.8 Å². The number of fused-ring (bicyclic) bond motifs is 4. The molecule has 0 aromatic heterocycles. The Morgan fingerprint density at radius 1 is 0.274 bits per heavy atom. The molecule has 0 spiro atoms. The van der Waals surface area contributed by atoms with Gasteiger partial charge >= 0.3 is 0 Å². The smallest absolute Gasteiger partial charge is 0.0467 e. The van der Waals surface area contributed by atoms with Crippen LogP contribution in [0.4, 0.5) is 17.1 Å². The number of nitrogens with zero attached hydrogens (tertiary/aromatic N) is 1. The lowest BCUT2D eigenvalue weighted by Crippen LogP contribution is -2.16. The Kier molecular flexibility index (Phi) is 9.24. The highest BCUT2D eigenvalue weighted by molar-refractivity contribution is 5.90. The van der Waals surface area contributed by atoms with Crippen molar-refractivity contribution in [1.82, 2.24) is 0 Å². The van der Waals surface area contributed by atoms with Gasteiger partial charge in [0.15, 0.2) is 0 Å². The summed E-state index contributed by atoms with van der Waals surface area (Å²) >= 11 is 0. The highest BCUT2D eigenvalue weighted by Crippen LogP contribution is 2.52. The molecule has 294 valence electrons. The molecule has 0 atom stereocenters. The van der Waals surface area contributed by atoms with E-state index < -0.39 is 0 Å². The first-order valence-corrected chi connectivity index (χ1v) is 21.6. The summed E-state index contributed by atoms with van der Waals surface area (Å²) in [6.07, 6.45) is 0. The average Bonchev–Trinajstić information content (AvgIpc) is 3.58. The van der Waals surface area contributed by atoms with Crippen LogP contribution in [0.25, 0.3) is 77.5 Å². The zero-order chi connectivity index (χ0) is 41.6. The predicted molar refractivity (Wildman–Crippen MR) is 263 cm³/mol. The summed E-state index contributed by atoms with van der Waals surface area (Å²) in [5.74, 6) is 0. The van der Waals surface area contributed by atoms with E-state index in [1.807, 2.05) is 0 Å². The minimum atomic E-state index is -0.0890. The third-order valence-corrected chi connectivity index (χ3v) is 12.8. The molecule has 1 aliphatic rings. The van der Waals surface area contributed by atoms with Gasteiger partial charge in [0.1, 0.15) is 0 Å². The molecule has 1 nitrogen and oxygen atoms in total. The molecule has 0 radical (unpaired) electrons. The minimum Gasteiger partial charge on any atom is -0.310 e. The molecular formula is C61H45N. The van der Waals surface area contributed by atoms with Crippen LogP contribution in [0.1, 0.15) is 25.0 Å². The summed E-state index contributed by atoms with van der Waals surface area (Å²) in [4.78, 5) is 2.38. The van der Waals surface area contributed by atoms with E-state index >= 15 is 0 Å². The first kappa shape index (κ1) is 37.3. The summed E-state index contributed by atoms with van der Waals surface area (Å²) in [6.45, 7) is 4.73. The van der Waals surface area contributed by atoms with Gasteiger partial charge in [-0.3, -0.25) is 0 Å². The van der Waals surface area contributed by atoms with Crippen molar-refractivity contribution in [3.05, 3.63) is 248 Å². The number of hydrogen-bond donors (Lipinski definition) is 0. The molecule has 10 aromatic rings. The summed E-state index contributed by atoms with van der Waals surface area (Å²) in [5.41, 5.74) is 20.8. The molecule has 1 aliphatic carbocycles. The fraction of sp³-hybridized carbons (Fsp3) is 0.0492. The van der Waals surface area contributed by atoms with Gasteiger partial charge in [-0.25, -0.2) is 0 Å². The Balaban J connectivity index is 0.940. The van der Waals surface area contributed by atoms with Crippen molar-refractivity contribution in [3.8, 4) is 66.8 Å². The molecule has 0 N–H and O–H groups in total. The number of anilines is 3. The molecule has 1 heteroatoms. The third kappa shape index (κ3) is 6.69. The average molecular weight is 792 g/mol. The number of benzene rings is 10. The molecule has 0 aliphatic heterocycles. The third-order valence-electron chi connectivity index (χ3n) is 12.8. The van der Waals surface area contributed by atoms with Gasteiger partial charge in [-0.2, -0.15) is 0 Å². The molecule has 10 aromatic carbocycles. The first-order valence-electron chi connectivity index (χ1n) is 21.6. The maximum absolute atomic E-state index is 2.38. The highest BCUT2D eigenvalue weighted by atomic mass is 15.1. The van der Waals surface area contributed by atoms with Crippen LogP contribution in [0.3, 0.4) is 0 Å². The van der Waals surface area contributed by atoms with E-state index in [-0.39, 0.29) is 5.41 Å². The lowest BCUT2D eigenvalue weighted by Gasteiger charge is -2.27. The molecule has 0 unspecified atom stereocenters. The van der Waals surface area contributed by atoms with E-state index in [0.717, 1.165) is 17.1 Å². The van der Waals surface area contributed by atoms with Crippen LogP contribution in [0.2, 0.25) is 0 Å². The van der Waals surface area contributed by atoms with Crippen LogP contribution >= 0.6 is 0 Å². The lowest BCUT2D eigenvalue weighted by molar-refractivity contribution is 0.662. The zero-order valence-corrected chi connectivity index (χ0v) is 35.0. The Morgan fingerprint density at radius 2 is 0.726 bits per heavy atom. The Labute approximate surface area is 364 Å². The Hall–Kier alpha value is -7.74. The molecular weight excluding hydrogens is 747 g/mol. The van der Waals surface area contributed by atoms with Gasteiger partial charge in [0.2, 0.25) is 0 Å². The standard InChI is InChI=1S/C61H45N/c1-61(2)59-27-9-8-24-57(59)58-26-13-25-56(60(58)61)45-32-36-54(37-33-45)62(55-23-12-22-51(41-55)42-14-4-3-5-15-42)53-34-30-44(31-35-53)47-18-10-19-48(38-47)49-20-11-21-50(40-49)52-29-28-43-16-6-7-17-46(43)39-52/h3-41H,1-2H3. The van der Waals surface area contributed by atoms with Gasteiger partial charge in [0.05, 0.1) is 0 Å². The molecule has 0 saturated heterocycles. The van der Waals surface area contributed by atoms with Gasteiger partial charge in [-0.15, -0.1) is 0 Å². The second-order valence-electron chi connectivity index (χ2n) is 17.0. The maximum Gasteiger partial charge on any atom is 0.0467 e. The van der Waals surface area contributed by atoms with Crippen molar-refractivity contribution in [2.24, 2.45) is 0 Å². The minimum absolute atomic E-state index is 0.0890. The van der Waals surface area contributed by atoms with Crippen LogP contribution in [-0.2, 0) is 5.41 Å². The summed E-state index contributed by atoms with van der Waals surface area (Å²) in [7, 11) is 0. The predicted octanol–water partition coefficient (Wildman–Crippen LogP) is 17.0. The molecule has 62 heavy (non-hydrogen) atoms. The van der Waals surface area contributed by atoms with Crippen molar-refractivity contribution in [2.75, 3.05) is 4.90 Å². The Bertz CT molecular complexity index is 3250. The van der Waals surface area contributed by atoms with Gasteiger partial charge in [-0.1, -0.05) is 196 Å². The second-order valence-corrected chi connectivity index (χ2v) is 17.0. The molecule has 11 rings (SSSR count). The summed E-state index contributed by atoms with van der Waals surface area (Å²) < 4.78 is 0. The van der Waals surface area contributed by atoms with E-state index in [0.29, 0.717) is 0 Å². The van der Waals surface area contributed by atoms with Gasteiger partial charge < -0.3 is 4.90 Å². The van der Waals surface area contributed by atoms with E-state index in [2.05, 4.69) is 255 Å². The maximum atomic E-state index is 2.38. The van der Waals surface area contributed by atoms with Crippen LogP contribution < -0.4 is 4.90 Å². The largest absolute Gasteiger partial charge is 0.310 e. The quantitative estimate of drug-likeness (QED) is 0.148. The molecule has 0 bridgehead atoms. The van der Waals surface area contributed by atoms with E-state index in [9.17, 15) is 0 Å².